The SMILES string of the molecule is CC.CN/C(=C(/Br)CN)c1cc(NC(C)=O)ccc1OC. The van der Waals surface area contributed by atoms with Gasteiger partial charge >= 0.3 is 0 Å². The van der Waals surface area contributed by atoms with E-state index in [2.05, 4.69) is 26.6 Å². The number of anilines is 1. The van der Waals surface area contributed by atoms with Crippen LogP contribution < -0.4 is 21.1 Å². The van der Waals surface area contributed by atoms with Gasteiger partial charge in [-0.3, -0.25) is 4.79 Å². The van der Waals surface area contributed by atoms with E-state index in [-0.39, 0.29) is 5.91 Å². The lowest BCUT2D eigenvalue weighted by atomic mass is 10.1. The highest BCUT2D eigenvalue weighted by Crippen LogP contribution is 2.30. The molecular formula is C15H24BrN3O2. The summed E-state index contributed by atoms with van der Waals surface area (Å²) in [6.45, 7) is 5.83. The molecule has 0 atom stereocenters. The molecule has 0 unspecified atom stereocenters. The van der Waals surface area contributed by atoms with Gasteiger partial charge in [-0.05, 0) is 18.2 Å². The molecule has 1 rings (SSSR count). The lowest BCUT2D eigenvalue weighted by Gasteiger charge is -2.15. The first kappa shape index (κ1) is 19.5. The van der Waals surface area contributed by atoms with Gasteiger partial charge in [0, 0.05) is 36.2 Å². The molecule has 0 fully saturated rings. The minimum atomic E-state index is -0.121. The van der Waals surface area contributed by atoms with Gasteiger partial charge in [-0.15, -0.1) is 0 Å². The number of halogens is 1. The molecule has 6 heteroatoms. The topological polar surface area (TPSA) is 76.4 Å². The van der Waals surface area contributed by atoms with E-state index >= 15 is 0 Å². The Labute approximate surface area is 135 Å². The molecule has 1 amide bonds. The summed E-state index contributed by atoms with van der Waals surface area (Å²) >= 11 is 3.43. The summed E-state index contributed by atoms with van der Waals surface area (Å²) in [7, 11) is 3.40. The van der Waals surface area contributed by atoms with Crippen LogP contribution in [0, 0.1) is 0 Å². The van der Waals surface area contributed by atoms with E-state index in [0.29, 0.717) is 18.0 Å². The monoisotopic (exact) mass is 357 g/mol. The Kier molecular flexibility index (Phi) is 9.49. The fraction of sp³-hybridized carbons (Fsp3) is 0.400. The first-order valence-electron chi connectivity index (χ1n) is 6.76. The van der Waals surface area contributed by atoms with Crippen LogP contribution in [0.3, 0.4) is 0 Å². The third-order valence-electron chi connectivity index (χ3n) is 2.49. The molecule has 1 aromatic carbocycles. The largest absolute Gasteiger partial charge is 0.496 e. The molecule has 0 radical (unpaired) electrons. The van der Waals surface area contributed by atoms with Crippen molar-refractivity contribution in [2.24, 2.45) is 5.73 Å². The Morgan fingerprint density at radius 2 is 2.00 bits per heavy atom. The third kappa shape index (κ3) is 5.77. The molecule has 5 nitrogen and oxygen atoms in total. The van der Waals surface area contributed by atoms with Gasteiger partial charge in [-0.2, -0.15) is 0 Å². The van der Waals surface area contributed by atoms with Crippen molar-refractivity contribution in [3.8, 4) is 5.75 Å². The number of amides is 1. The van der Waals surface area contributed by atoms with E-state index in [9.17, 15) is 4.79 Å². The Bertz CT molecular complexity index is 502. The Morgan fingerprint density at radius 1 is 1.38 bits per heavy atom. The molecule has 0 aliphatic heterocycles. The molecule has 0 bridgehead atoms. The van der Waals surface area contributed by atoms with Gasteiger partial charge in [0.05, 0.1) is 12.8 Å². The van der Waals surface area contributed by atoms with Crippen LogP contribution >= 0.6 is 15.9 Å². The van der Waals surface area contributed by atoms with Gasteiger partial charge in [0.1, 0.15) is 5.75 Å². The van der Waals surface area contributed by atoms with E-state index in [1.807, 2.05) is 19.9 Å². The predicted octanol–water partition coefficient (Wildman–Crippen LogP) is 2.92. The zero-order valence-electron chi connectivity index (χ0n) is 13.2. The van der Waals surface area contributed by atoms with Gasteiger partial charge < -0.3 is 21.1 Å². The summed E-state index contributed by atoms with van der Waals surface area (Å²) in [4.78, 5) is 11.1. The minimum absolute atomic E-state index is 0.121. The quantitative estimate of drug-likeness (QED) is 0.757. The number of hydrogen-bond acceptors (Lipinski definition) is 4. The fourth-order valence-corrected chi connectivity index (χ4v) is 2.11. The van der Waals surface area contributed by atoms with E-state index in [1.165, 1.54) is 6.92 Å². The zero-order valence-corrected chi connectivity index (χ0v) is 14.8. The van der Waals surface area contributed by atoms with Crippen molar-refractivity contribution in [2.75, 3.05) is 26.0 Å². The minimum Gasteiger partial charge on any atom is -0.496 e. The maximum absolute atomic E-state index is 11.1. The summed E-state index contributed by atoms with van der Waals surface area (Å²) in [5, 5.41) is 5.83. The molecule has 1 aromatic rings. The second kappa shape index (κ2) is 10.2. The van der Waals surface area contributed by atoms with Crippen molar-refractivity contribution in [1.29, 1.82) is 0 Å². The first-order valence-corrected chi connectivity index (χ1v) is 7.55. The van der Waals surface area contributed by atoms with E-state index < -0.39 is 0 Å². The number of methoxy groups -OCH3 is 1. The predicted molar refractivity (Wildman–Crippen MR) is 92.6 cm³/mol. The normalized spacial score (nSPS) is 10.8. The molecule has 0 heterocycles. The lowest BCUT2D eigenvalue weighted by Crippen LogP contribution is -2.13. The van der Waals surface area contributed by atoms with Crippen LogP contribution in [-0.2, 0) is 4.79 Å². The highest BCUT2D eigenvalue weighted by Gasteiger charge is 2.12. The van der Waals surface area contributed by atoms with Crippen molar-refractivity contribution < 1.29 is 9.53 Å². The van der Waals surface area contributed by atoms with Gasteiger partial charge in [0.25, 0.3) is 0 Å². The molecule has 0 spiro atoms. The number of hydrogen-bond donors (Lipinski definition) is 3. The van der Waals surface area contributed by atoms with Crippen molar-refractivity contribution >= 4 is 33.2 Å². The number of benzene rings is 1. The first-order chi connectivity index (χ1) is 10.0. The average molecular weight is 358 g/mol. The molecular weight excluding hydrogens is 334 g/mol. The van der Waals surface area contributed by atoms with Crippen LogP contribution in [0.5, 0.6) is 5.75 Å². The molecule has 0 saturated heterocycles. The van der Waals surface area contributed by atoms with Crippen molar-refractivity contribution in [1.82, 2.24) is 5.32 Å². The molecule has 4 N–H and O–H groups in total. The number of nitrogens with two attached hydrogens (primary N) is 1. The van der Waals surface area contributed by atoms with E-state index in [0.717, 1.165) is 15.7 Å². The van der Waals surface area contributed by atoms with Crippen LogP contribution in [-0.4, -0.2) is 26.6 Å². The summed E-state index contributed by atoms with van der Waals surface area (Å²) in [6, 6.07) is 5.42. The number of rotatable bonds is 5. The summed E-state index contributed by atoms with van der Waals surface area (Å²) in [6.07, 6.45) is 0. The number of carbonyl (C=O) groups is 1. The number of nitrogens with one attached hydrogen (secondary N) is 2. The number of carbonyl (C=O) groups excluding carboxylic acids is 1. The Balaban J connectivity index is 0.00000191. The molecule has 0 saturated carbocycles. The van der Waals surface area contributed by atoms with Crippen molar-refractivity contribution in [2.45, 2.75) is 20.8 Å². The second-order valence-corrected chi connectivity index (χ2v) is 4.79. The van der Waals surface area contributed by atoms with Crippen LogP contribution in [0.4, 0.5) is 5.69 Å². The standard InChI is InChI=1S/C13H18BrN3O2.C2H6/c1-8(18)17-9-4-5-12(19-3)10(6-9)13(16-2)11(14)7-15;1-2/h4-6,16H,7,15H2,1-3H3,(H,17,18);1-2H3/b13-11+;. The van der Waals surface area contributed by atoms with Gasteiger partial charge in [0.15, 0.2) is 0 Å². The molecule has 118 valence electrons. The third-order valence-corrected chi connectivity index (χ3v) is 3.21. The van der Waals surface area contributed by atoms with Crippen molar-refractivity contribution in [3.05, 3.63) is 28.2 Å². The molecule has 21 heavy (non-hydrogen) atoms. The highest BCUT2D eigenvalue weighted by atomic mass is 79.9. The average Bonchev–Trinajstić information content (AvgIpc) is 2.49. The molecule has 0 aliphatic rings. The van der Waals surface area contributed by atoms with Crippen molar-refractivity contribution in [3.63, 3.8) is 0 Å². The van der Waals surface area contributed by atoms with E-state index in [1.54, 1.807) is 26.3 Å². The molecule has 0 aromatic heterocycles. The van der Waals surface area contributed by atoms with Gasteiger partial charge in [-0.25, -0.2) is 0 Å². The van der Waals surface area contributed by atoms with Crippen LogP contribution in [0.2, 0.25) is 0 Å². The van der Waals surface area contributed by atoms with Crippen LogP contribution in [0.15, 0.2) is 22.7 Å². The van der Waals surface area contributed by atoms with Crippen LogP contribution in [0.25, 0.3) is 5.70 Å². The molecule has 0 aliphatic carbocycles. The second-order valence-electron chi connectivity index (χ2n) is 3.83. The smallest absolute Gasteiger partial charge is 0.221 e. The maximum Gasteiger partial charge on any atom is 0.221 e. The summed E-state index contributed by atoms with van der Waals surface area (Å²) < 4.78 is 6.16. The van der Waals surface area contributed by atoms with Gasteiger partial charge in [-0.1, -0.05) is 29.8 Å². The zero-order chi connectivity index (χ0) is 16.4. The van der Waals surface area contributed by atoms with Crippen LogP contribution in [0.1, 0.15) is 26.3 Å². The maximum atomic E-state index is 11.1. The van der Waals surface area contributed by atoms with E-state index in [4.69, 9.17) is 10.5 Å². The summed E-state index contributed by atoms with van der Waals surface area (Å²) in [5.74, 6) is 0.577. The Morgan fingerprint density at radius 3 is 2.43 bits per heavy atom. The fourth-order valence-electron chi connectivity index (χ4n) is 1.70. The lowest BCUT2D eigenvalue weighted by molar-refractivity contribution is -0.114. The van der Waals surface area contributed by atoms with Gasteiger partial charge in [0.2, 0.25) is 5.91 Å². The summed E-state index contributed by atoms with van der Waals surface area (Å²) in [5.41, 5.74) is 8.00. The number of ether oxygens (including phenoxy) is 1. The highest BCUT2D eigenvalue weighted by molar-refractivity contribution is 9.11. The Hall–Kier alpha value is -1.53.